The molecule has 1 unspecified atom stereocenters. The van der Waals surface area contributed by atoms with Crippen LogP contribution in [0, 0.1) is 17.6 Å². The second kappa shape index (κ2) is 6.19. The number of nitrogens with one attached hydrogen (secondary N) is 1. The molecule has 1 saturated carbocycles. The van der Waals surface area contributed by atoms with Crippen molar-refractivity contribution in [1.82, 2.24) is 10.2 Å². The monoisotopic (exact) mass is 280 g/mol. The van der Waals surface area contributed by atoms with Gasteiger partial charge in [-0.05, 0) is 44.2 Å². The van der Waals surface area contributed by atoms with Crippen molar-refractivity contribution in [1.29, 1.82) is 0 Å². The van der Waals surface area contributed by atoms with Gasteiger partial charge >= 0.3 is 0 Å². The first-order chi connectivity index (χ1) is 9.72. The molecule has 2 fully saturated rings. The van der Waals surface area contributed by atoms with Gasteiger partial charge in [-0.15, -0.1) is 0 Å². The van der Waals surface area contributed by atoms with Crippen molar-refractivity contribution in [3.05, 3.63) is 35.4 Å². The zero-order chi connectivity index (χ0) is 13.9. The minimum absolute atomic E-state index is 0.476. The van der Waals surface area contributed by atoms with Gasteiger partial charge in [0.15, 0.2) is 11.6 Å². The van der Waals surface area contributed by atoms with E-state index in [0.29, 0.717) is 18.2 Å². The second-order valence-corrected chi connectivity index (χ2v) is 6.14. The summed E-state index contributed by atoms with van der Waals surface area (Å²) >= 11 is 0. The van der Waals surface area contributed by atoms with Crippen LogP contribution in [0.3, 0.4) is 0 Å². The zero-order valence-electron chi connectivity index (χ0n) is 11.7. The van der Waals surface area contributed by atoms with E-state index in [9.17, 15) is 8.78 Å². The van der Waals surface area contributed by atoms with Crippen molar-refractivity contribution >= 4 is 0 Å². The highest BCUT2D eigenvalue weighted by Crippen LogP contribution is 2.30. The topological polar surface area (TPSA) is 15.3 Å². The van der Waals surface area contributed by atoms with Gasteiger partial charge < -0.3 is 5.32 Å². The van der Waals surface area contributed by atoms with Crippen molar-refractivity contribution in [3.8, 4) is 0 Å². The molecule has 1 saturated heterocycles. The Hall–Kier alpha value is -1.00. The molecule has 3 rings (SSSR count). The molecule has 0 bridgehead atoms. The summed E-state index contributed by atoms with van der Waals surface area (Å²) in [4.78, 5) is 2.29. The van der Waals surface area contributed by atoms with Gasteiger partial charge in [0.25, 0.3) is 0 Å². The van der Waals surface area contributed by atoms with Crippen LogP contribution in [0.2, 0.25) is 0 Å². The van der Waals surface area contributed by atoms with Gasteiger partial charge in [0.1, 0.15) is 0 Å². The molecule has 2 nitrogen and oxygen atoms in total. The predicted molar refractivity (Wildman–Crippen MR) is 75.4 cm³/mol. The van der Waals surface area contributed by atoms with Gasteiger partial charge in [-0.25, -0.2) is 8.78 Å². The molecule has 0 spiro atoms. The Balaban J connectivity index is 1.66. The number of rotatable bonds is 6. The lowest BCUT2D eigenvalue weighted by atomic mass is 10.1. The van der Waals surface area contributed by atoms with Crippen LogP contribution < -0.4 is 5.32 Å². The van der Waals surface area contributed by atoms with Crippen LogP contribution in [0.5, 0.6) is 0 Å². The van der Waals surface area contributed by atoms with Crippen LogP contribution >= 0.6 is 0 Å². The summed E-state index contributed by atoms with van der Waals surface area (Å²) in [5.74, 6) is -0.673. The molecule has 0 radical (unpaired) electrons. The number of hydrogen-bond acceptors (Lipinski definition) is 2. The summed E-state index contributed by atoms with van der Waals surface area (Å²) in [6, 6.07) is 4.98. The van der Waals surface area contributed by atoms with Gasteiger partial charge in [0.05, 0.1) is 0 Å². The maximum Gasteiger partial charge on any atom is 0.163 e. The fourth-order valence-electron chi connectivity index (χ4n) is 3.00. The molecule has 1 aromatic rings. The van der Waals surface area contributed by atoms with Crippen molar-refractivity contribution in [3.63, 3.8) is 0 Å². The molecule has 1 N–H and O–H groups in total. The van der Waals surface area contributed by atoms with Crippen LogP contribution in [0.25, 0.3) is 0 Å². The average Bonchev–Trinajstić information content (AvgIpc) is 3.09. The molecule has 2 aliphatic rings. The minimum Gasteiger partial charge on any atom is -0.313 e. The molecule has 110 valence electrons. The molecule has 20 heavy (non-hydrogen) atoms. The predicted octanol–water partition coefficient (Wildman–Crippen LogP) is 2.93. The molecule has 0 amide bonds. The molecule has 1 heterocycles. The first kappa shape index (κ1) is 14.0. The van der Waals surface area contributed by atoms with Gasteiger partial charge in [-0.1, -0.05) is 12.1 Å². The summed E-state index contributed by atoms with van der Waals surface area (Å²) in [6.45, 7) is 3.54. The van der Waals surface area contributed by atoms with Gasteiger partial charge in [0.2, 0.25) is 0 Å². The maximum absolute atomic E-state index is 13.8. The summed E-state index contributed by atoms with van der Waals surface area (Å²) in [6.07, 6.45) is 4.96. The molecule has 1 aromatic carbocycles. The molecular formula is C16H22F2N2. The molecule has 1 aliphatic heterocycles. The lowest BCUT2D eigenvalue weighted by molar-refractivity contribution is 0.228. The summed E-state index contributed by atoms with van der Waals surface area (Å²) < 4.78 is 27.1. The van der Waals surface area contributed by atoms with Crippen LogP contribution in [0.4, 0.5) is 8.78 Å². The van der Waals surface area contributed by atoms with Crippen molar-refractivity contribution in [2.45, 2.75) is 38.3 Å². The molecule has 1 atom stereocenters. The quantitative estimate of drug-likeness (QED) is 0.862. The van der Waals surface area contributed by atoms with E-state index in [1.54, 1.807) is 12.1 Å². The van der Waals surface area contributed by atoms with Crippen LogP contribution in [-0.4, -0.2) is 30.6 Å². The van der Waals surface area contributed by atoms with Gasteiger partial charge in [-0.3, -0.25) is 4.90 Å². The summed E-state index contributed by atoms with van der Waals surface area (Å²) in [5, 5.41) is 3.48. The Labute approximate surface area is 119 Å². The van der Waals surface area contributed by atoms with E-state index >= 15 is 0 Å². The Kier molecular flexibility index (Phi) is 4.32. The first-order valence-electron chi connectivity index (χ1n) is 7.61. The third kappa shape index (κ3) is 3.55. The third-order valence-electron chi connectivity index (χ3n) is 4.28. The van der Waals surface area contributed by atoms with Crippen molar-refractivity contribution in [2.75, 3.05) is 19.6 Å². The lowest BCUT2D eigenvalue weighted by Gasteiger charge is -2.26. The van der Waals surface area contributed by atoms with E-state index < -0.39 is 11.6 Å². The summed E-state index contributed by atoms with van der Waals surface area (Å²) in [7, 11) is 0. The van der Waals surface area contributed by atoms with Gasteiger partial charge in [-0.2, -0.15) is 0 Å². The Morgan fingerprint density at radius 3 is 2.70 bits per heavy atom. The Bertz CT molecular complexity index is 454. The fourth-order valence-corrected chi connectivity index (χ4v) is 3.00. The van der Waals surface area contributed by atoms with Crippen LogP contribution in [0.15, 0.2) is 18.2 Å². The van der Waals surface area contributed by atoms with E-state index in [0.717, 1.165) is 25.6 Å². The smallest absolute Gasteiger partial charge is 0.163 e. The second-order valence-electron chi connectivity index (χ2n) is 6.14. The average molecular weight is 280 g/mol. The van der Waals surface area contributed by atoms with E-state index in [1.807, 2.05) is 0 Å². The highest BCUT2D eigenvalue weighted by atomic mass is 19.2. The van der Waals surface area contributed by atoms with Crippen LogP contribution in [-0.2, 0) is 6.54 Å². The number of halogens is 2. The number of benzene rings is 1. The standard InChI is InChI=1S/C16H22F2N2/c17-15-5-1-3-13(16(15)18)10-20(9-12-6-7-12)11-14-4-2-8-19-14/h1,3,5,12,14,19H,2,4,6-11H2. The zero-order valence-corrected chi connectivity index (χ0v) is 11.7. The maximum atomic E-state index is 13.8. The molecular weight excluding hydrogens is 258 g/mol. The Morgan fingerprint density at radius 2 is 2.00 bits per heavy atom. The largest absolute Gasteiger partial charge is 0.313 e. The minimum atomic E-state index is -0.743. The van der Waals surface area contributed by atoms with Crippen LogP contribution in [0.1, 0.15) is 31.2 Å². The normalized spacial score (nSPS) is 22.6. The van der Waals surface area contributed by atoms with E-state index in [2.05, 4.69) is 10.2 Å². The molecule has 1 aliphatic carbocycles. The van der Waals surface area contributed by atoms with E-state index in [4.69, 9.17) is 0 Å². The van der Waals surface area contributed by atoms with E-state index in [1.165, 1.54) is 31.7 Å². The highest BCUT2D eigenvalue weighted by molar-refractivity contribution is 5.19. The summed E-state index contributed by atoms with van der Waals surface area (Å²) in [5.41, 5.74) is 0.476. The SMILES string of the molecule is Fc1cccc(CN(CC2CC2)CC2CCCN2)c1F. The third-order valence-corrected chi connectivity index (χ3v) is 4.28. The molecule has 0 aromatic heterocycles. The van der Waals surface area contributed by atoms with Gasteiger partial charge in [0, 0.05) is 31.2 Å². The highest BCUT2D eigenvalue weighted by Gasteiger charge is 2.27. The van der Waals surface area contributed by atoms with Crippen molar-refractivity contribution in [2.24, 2.45) is 5.92 Å². The lowest BCUT2D eigenvalue weighted by Crippen LogP contribution is -2.38. The number of hydrogen-bond donors (Lipinski definition) is 1. The Morgan fingerprint density at radius 1 is 1.15 bits per heavy atom. The number of nitrogens with zero attached hydrogens (tertiary/aromatic N) is 1. The van der Waals surface area contributed by atoms with Crippen molar-refractivity contribution < 1.29 is 8.78 Å². The molecule has 4 heteroatoms. The first-order valence-corrected chi connectivity index (χ1v) is 7.61. The van der Waals surface area contributed by atoms with E-state index in [-0.39, 0.29) is 0 Å². The fraction of sp³-hybridized carbons (Fsp3) is 0.625.